The van der Waals surface area contributed by atoms with Crippen molar-refractivity contribution >= 4 is 17.7 Å². The summed E-state index contributed by atoms with van der Waals surface area (Å²) in [5.41, 5.74) is 2.08. The number of nitro benzene ring substituents is 1. The highest BCUT2D eigenvalue weighted by Crippen LogP contribution is 2.19. The van der Waals surface area contributed by atoms with E-state index in [9.17, 15) is 14.9 Å². The number of hydrogen-bond acceptors (Lipinski definition) is 3. The number of carbonyl (C=O) groups excluding carboxylic acids is 1. The molecule has 0 heterocycles. The lowest BCUT2D eigenvalue weighted by Crippen LogP contribution is -2.22. The molecule has 1 aliphatic rings. The summed E-state index contributed by atoms with van der Waals surface area (Å²) >= 11 is 0. The topological polar surface area (TPSA) is 72.2 Å². The molecule has 1 aliphatic carbocycles. The summed E-state index contributed by atoms with van der Waals surface area (Å²) in [7, 11) is 0. The van der Waals surface area contributed by atoms with Crippen LogP contribution in [0.1, 0.15) is 37.7 Å². The molecule has 22 heavy (non-hydrogen) atoms. The molecule has 2 rings (SSSR count). The van der Waals surface area contributed by atoms with Gasteiger partial charge in [-0.2, -0.15) is 0 Å². The lowest BCUT2D eigenvalue weighted by molar-refractivity contribution is -0.384. The van der Waals surface area contributed by atoms with Crippen LogP contribution in [0.15, 0.2) is 42.0 Å². The maximum atomic E-state index is 11.7. The van der Waals surface area contributed by atoms with Gasteiger partial charge < -0.3 is 5.32 Å². The zero-order valence-corrected chi connectivity index (χ0v) is 12.5. The molecule has 116 valence electrons. The van der Waals surface area contributed by atoms with Crippen LogP contribution in [0.2, 0.25) is 0 Å². The van der Waals surface area contributed by atoms with E-state index in [1.54, 1.807) is 18.2 Å². The van der Waals surface area contributed by atoms with Crippen molar-refractivity contribution in [3.05, 3.63) is 57.7 Å². The number of allylic oxidation sites excluding steroid dienone is 1. The fraction of sp³-hybridized carbons (Fsp3) is 0.353. The maximum absolute atomic E-state index is 11.7. The third-order valence-corrected chi connectivity index (χ3v) is 3.64. The number of nitrogens with zero attached hydrogens (tertiary/aromatic N) is 1. The number of amides is 1. The highest BCUT2D eigenvalue weighted by molar-refractivity contribution is 5.91. The molecule has 5 nitrogen and oxygen atoms in total. The number of rotatable bonds is 6. The van der Waals surface area contributed by atoms with Gasteiger partial charge in [-0.1, -0.05) is 23.8 Å². The van der Waals surface area contributed by atoms with E-state index in [0.717, 1.165) is 19.3 Å². The average Bonchev–Trinajstić information content (AvgIpc) is 2.54. The summed E-state index contributed by atoms with van der Waals surface area (Å²) < 4.78 is 0. The van der Waals surface area contributed by atoms with Crippen LogP contribution in [0.25, 0.3) is 6.08 Å². The van der Waals surface area contributed by atoms with Crippen LogP contribution in [0, 0.1) is 10.1 Å². The third kappa shape index (κ3) is 5.16. The van der Waals surface area contributed by atoms with E-state index >= 15 is 0 Å². The van der Waals surface area contributed by atoms with Gasteiger partial charge in [-0.25, -0.2) is 0 Å². The van der Waals surface area contributed by atoms with Crippen LogP contribution in [-0.2, 0) is 4.79 Å². The summed E-state index contributed by atoms with van der Waals surface area (Å²) in [5, 5.41) is 13.5. The summed E-state index contributed by atoms with van der Waals surface area (Å²) in [5.74, 6) is -0.178. The number of nitro groups is 1. The second-order valence-corrected chi connectivity index (χ2v) is 5.33. The van der Waals surface area contributed by atoms with Gasteiger partial charge >= 0.3 is 0 Å². The molecule has 0 saturated heterocycles. The van der Waals surface area contributed by atoms with Gasteiger partial charge in [0.1, 0.15) is 0 Å². The molecule has 1 aromatic carbocycles. The molecule has 0 saturated carbocycles. The standard InChI is InChI=1S/C17H20N2O3/c20-17(18-12-11-14-5-2-1-3-6-14)10-9-15-7-4-8-16(13-15)19(21)22/h4-5,7-10,13H,1-3,6,11-12H2,(H,18,20)/b10-9+. The van der Waals surface area contributed by atoms with Crippen molar-refractivity contribution in [2.45, 2.75) is 32.1 Å². The number of carbonyl (C=O) groups is 1. The van der Waals surface area contributed by atoms with Crippen LogP contribution in [0.4, 0.5) is 5.69 Å². The molecule has 0 fully saturated rings. The second-order valence-electron chi connectivity index (χ2n) is 5.33. The highest BCUT2D eigenvalue weighted by atomic mass is 16.6. The van der Waals surface area contributed by atoms with Gasteiger partial charge in [0.05, 0.1) is 4.92 Å². The molecule has 5 heteroatoms. The van der Waals surface area contributed by atoms with Crippen LogP contribution < -0.4 is 5.32 Å². The zero-order valence-electron chi connectivity index (χ0n) is 12.5. The van der Waals surface area contributed by atoms with E-state index in [2.05, 4.69) is 11.4 Å². The van der Waals surface area contributed by atoms with E-state index in [1.807, 2.05) is 0 Å². The lowest BCUT2D eigenvalue weighted by Gasteiger charge is -2.12. The van der Waals surface area contributed by atoms with Crippen LogP contribution in [0.3, 0.4) is 0 Å². The monoisotopic (exact) mass is 300 g/mol. The minimum atomic E-state index is -0.449. The molecule has 0 bridgehead atoms. The SMILES string of the molecule is O=C(/C=C/c1cccc([N+](=O)[O-])c1)NCCC1=CCCCC1. The second kappa shape index (κ2) is 8.12. The minimum absolute atomic E-state index is 0.0202. The number of non-ortho nitro benzene ring substituents is 1. The Hall–Kier alpha value is -2.43. The maximum Gasteiger partial charge on any atom is 0.270 e. The Balaban J connectivity index is 1.79. The predicted octanol–water partition coefficient (Wildman–Crippen LogP) is 3.61. The Morgan fingerprint density at radius 3 is 2.95 bits per heavy atom. The minimum Gasteiger partial charge on any atom is -0.352 e. The van der Waals surface area contributed by atoms with Crippen molar-refractivity contribution in [3.8, 4) is 0 Å². The van der Waals surface area contributed by atoms with Crippen molar-refractivity contribution in [2.24, 2.45) is 0 Å². The van der Waals surface area contributed by atoms with E-state index < -0.39 is 4.92 Å². The molecule has 0 aliphatic heterocycles. The first kappa shape index (κ1) is 15.9. The average molecular weight is 300 g/mol. The first-order valence-electron chi connectivity index (χ1n) is 7.53. The molecular weight excluding hydrogens is 280 g/mol. The molecule has 1 amide bonds. The Morgan fingerprint density at radius 1 is 1.36 bits per heavy atom. The van der Waals surface area contributed by atoms with Crippen molar-refractivity contribution in [2.75, 3.05) is 6.54 Å². The Bertz CT molecular complexity index is 606. The highest BCUT2D eigenvalue weighted by Gasteiger charge is 2.05. The Labute approximate surface area is 129 Å². The zero-order chi connectivity index (χ0) is 15.8. The summed E-state index contributed by atoms with van der Waals surface area (Å²) in [6.07, 6.45) is 11.0. The summed E-state index contributed by atoms with van der Waals surface area (Å²) in [4.78, 5) is 22.0. The van der Waals surface area contributed by atoms with E-state index in [-0.39, 0.29) is 11.6 Å². The largest absolute Gasteiger partial charge is 0.352 e. The number of benzene rings is 1. The van der Waals surface area contributed by atoms with Crippen LogP contribution in [0.5, 0.6) is 0 Å². The van der Waals surface area contributed by atoms with Gasteiger partial charge in [0, 0.05) is 24.8 Å². The lowest BCUT2D eigenvalue weighted by atomic mass is 9.97. The van der Waals surface area contributed by atoms with Crippen molar-refractivity contribution in [1.29, 1.82) is 0 Å². The number of nitrogens with one attached hydrogen (secondary N) is 1. The fourth-order valence-electron chi connectivity index (χ4n) is 2.45. The molecule has 1 N–H and O–H groups in total. The van der Waals surface area contributed by atoms with E-state index in [0.29, 0.717) is 12.1 Å². The third-order valence-electron chi connectivity index (χ3n) is 3.64. The first-order valence-corrected chi connectivity index (χ1v) is 7.53. The summed E-state index contributed by atoms with van der Waals surface area (Å²) in [6, 6.07) is 6.20. The van der Waals surface area contributed by atoms with Gasteiger partial charge in [0.2, 0.25) is 5.91 Å². The van der Waals surface area contributed by atoms with Gasteiger partial charge in [0.25, 0.3) is 5.69 Å². The van der Waals surface area contributed by atoms with Crippen molar-refractivity contribution in [3.63, 3.8) is 0 Å². The van der Waals surface area contributed by atoms with Crippen LogP contribution in [-0.4, -0.2) is 17.4 Å². The molecule has 0 spiro atoms. The fourth-order valence-corrected chi connectivity index (χ4v) is 2.45. The normalized spacial score (nSPS) is 14.6. The van der Waals surface area contributed by atoms with E-state index in [4.69, 9.17) is 0 Å². The molecular formula is C17H20N2O3. The smallest absolute Gasteiger partial charge is 0.270 e. The molecule has 0 radical (unpaired) electrons. The van der Waals surface area contributed by atoms with Crippen molar-refractivity contribution in [1.82, 2.24) is 5.32 Å². The molecule has 0 unspecified atom stereocenters. The Kier molecular flexibility index (Phi) is 5.89. The van der Waals surface area contributed by atoms with E-state index in [1.165, 1.54) is 36.6 Å². The van der Waals surface area contributed by atoms with Gasteiger partial charge in [-0.15, -0.1) is 0 Å². The van der Waals surface area contributed by atoms with Gasteiger partial charge in [0.15, 0.2) is 0 Å². The quantitative estimate of drug-likeness (QED) is 0.377. The number of hydrogen-bond donors (Lipinski definition) is 1. The van der Waals surface area contributed by atoms with Crippen molar-refractivity contribution < 1.29 is 9.72 Å². The summed E-state index contributed by atoms with van der Waals surface area (Å²) in [6.45, 7) is 0.629. The van der Waals surface area contributed by atoms with Gasteiger partial charge in [-0.3, -0.25) is 14.9 Å². The molecule has 1 aromatic rings. The molecule has 0 aromatic heterocycles. The van der Waals surface area contributed by atoms with Crippen LogP contribution >= 0.6 is 0 Å². The first-order chi connectivity index (χ1) is 10.6. The molecule has 0 atom stereocenters. The predicted molar refractivity (Wildman–Crippen MR) is 86.3 cm³/mol. The van der Waals surface area contributed by atoms with Gasteiger partial charge in [-0.05, 0) is 43.7 Å². The Morgan fingerprint density at radius 2 is 2.23 bits per heavy atom.